The van der Waals surface area contributed by atoms with Crippen LogP contribution in [0, 0.1) is 18.8 Å². The Bertz CT molecular complexity index is 132. The van der Waals surface area contributed by atoms with Gasteiger partial charge in [-0.15, -0.1) is 13.8 Å². The second-order valence-electron chi connectivity index (χ2n) is 4.64. The standard InChI is InChI=1S/C8H16N.C3H9P.Y/c1-7-4-8(2)6-9(3)5-7;1-4(2)3;/h7-8H,1,4-6H2,2-3H3;4H,1H2,2-3H3;/q-1;;. The minimum atomic E-state index is -0.130. The first-order chi connectivity index (χ1) is 5.91. The van der Waals surface area contributed by atoms with Gasteiger partial charge in [-0.25, -0.2) is 0 Å². The molecule has 1 nitrogen and oxygen atoms in total. The second kappa shape index (κ2) is 9.58. The molecule has 0 bridgehead atoms. The van der Waals surface area contributed by atoms with Crippen molar-refractivity contribution in [2.45, 2.75) is 13.3 Å². The summed E-state index contributed by atoms with van der Waals surface area (Å²) < 4.78 is 0. The summed E-state index contributed by atoms with van der Waals surface area (Å²) in [5.41, 5.74) is 0. The maximum absolute atomic E-state index is 4.06. The van der Waals surface area contributed by atoms with Crippen LogP contribution in [0.2, 0.25) is 0 Å². The van der Waals surface area contributed by atoms with Crippen molar-refractivity contribution in [3.8, 4) is 0 Å². The van der Waals surface area contributed by atoms with Crippen LogP contribution < -0.4 is 0 Å². The molecule has 0 aromatic heterocycles. The molecule has 0 saturated carbocycles. The molecule has 1 heterocycles. The average Bonchev–Trinajstić information content (AvgIpc) is 1.80. The molecule has 0 amide bonds. The van der Waals surface area contributed by atoms with Crippen LogP contribution in [0.1, 0.15) is 13.3 Å². The van der Waals surface area contributed by atoms with Gasteiger partial charge < -0.3 is 11.8 Å². The summed E-state index contributed by atoms with van der Waals surface area (Å²) in [6.07, 6.45) is 5.05. The zero-order valence-electron chi connectivity index (χ0n) is 10.2. The molecule has 1 rings (SSSR count). The van der Waals surface area contributed by atoms with Gasteiger partial charge in [-0.05, 0) is 32.8 Å². The quantitative estimate of drug-likeness (QED) is 0.489. The van der Waals surface area contributed by atoms with Crippen LogP contribution in [0.25, 0.3) is 0 Å². The monoisotopic (exact) mass is 291 g/mol. The Morgan fingerprint density at radius 1 is 1.36 bits per heavy atom. The first-order valence-corrected chi connectivity index (χ1v) is 7.76. The molecule has 14 heavy (non-hydrogen) atoms. The predicted molar refractivity (Wildman–Crippen MR) is 67.4 cm³/mol. The van der Waals surface area contributed by atoms with E-state index < -0.39 is 0 Å². The molecule has 1 aliphatic rings. The Morgan fingerprint density at radius 3 is 2.07 bits per heavy atom. The van der Waals surface area contributed by atoms with E-state index in [-0.39, 0.29) is 40.3 Å². The molecule has 2 unspecified atom stereocenters. The van der Waals surface area contributed by atoms with E-state index in [0.717, 1.165) is 5.92 Å². The van der Waals surface area contributed by atoms with Gasteiger partial charge in [-0.1, -0.05) is 13.3 Å². The number of hydrogen-bond donors (Lipinski definition) is 0. The van der Waals surface area contributed by atoms with Gasteiger partial charge in [-0.3, -0.25) is 0 Å². The molecule has 1 radical (unpaired) electrons. The molecule has 2 atom stereocenters. The van der Waals surface area contributed by atoms with Crippen molar-refractivity contribution in [1.29, 1.82) is 0 Å². The minimum absolute atomic E-state index is 0. The molecule has 0 N–H and O–H groups in total. The zero-order chi connectivity index (χ0) is 10.4. The Morgan fingerprint density at radius 2 is 1.79 bits per heavy atom. The van der Waals surface area contributed by atoms with Gasteiger partial charge in [0.15, 0.2) is 0 Å². The van der Waals surface area contributed by atoms with Gasteiger partial charge in [0.1, 0.15) is 0 Å². The van der Waals surface area contributed by atoms with Crippen molar-refractivity contribution in [3.05, 3.63) is 6.92 Å². The largest absolute Gasteiger partial charge is 0.339 e. The van der Waals surface area contributed by atoms with Crippen LogP contribution in [-0.4, -0.2) is 44.7 Å². The Labute approximate surface area is 116 Å². The predicted octanol–water partition coefficient (Wildman–Crippen LogP) is 2.30. The van der Waals surface area contributed by atoms with E-state index in [9.17, 15) is 0 Å². The number of piperidine rings is 1. The van der Waals surface area contributed by atoms with Crippen molar-refractivity contribution in [3.63, 3.8) is 0 Å². The fourth-order valence-corrected chi connectivity index (χ4v) is 1.77. The molecular formula is C11H25NPY-. The topological polar surface area (TPSA) is 3.24 Å². The molecule has 0 aromatic carbocycles. The SMILES string of the molecule is C=[PH](C)C.[CH2-]C1CC(C)CN(C)C1.[Y]. The van der Waals surface area contributed by atoms with Crippen molar-refractivity contribution < 1.29 is 32.7 Å². The summed E-state index contributed by atoms with van der Waals surface area (Å²) in [5, 5.41) is 0. The van der Waals surface area contributed by atoms with E-state index in [1.807, 2.05) is 0 Å². The summed E-state index contributed by atoms with van der Waals surface area (Å²) in [7, 11) is 2.04. The third-order valence-electron chi connectivity index (χ3n) is 1.93. The summed E-state index contributed by atoms with van der Waals surface area (Å²) in [4.78, 5) is 2.37. The van der Waals surface area contributed by atoms with Crippen molar-refractivity contribution >= 4 is 13.8 Å². The molecule has 1 saturated heterocycles. The molecule has 3 heteroatoms. The van der Waals surface area contributed by atoms with E-state index in [1.54, 1.807) is 0 Å². The molecule has 0 spiro atoms. The van der Waals surface area contributed by atoms with Crippen LogP contribution in [-0.2, 0) is 32.7 Å². The molecule has 0 aliphatic carbocycles. The maximum Gasteiger partial charge on any atom is 0.000219 e. The van der Waals surface area contributed by atoms with Crippen LogP contribution in [0.15, 0.2) is 0 Å². The van der Waals surface area contributed by atoms with Crippen LogP contribution in [0.4, 0.5) is 0 Å². The van der Waals surface area contributed by atoms with Crippen LogP contribution in [0.5, 0.6) is 0 Å². The summed E-state index contributed by atoms with van der Waals surface area (Å²) in [6.45, 7) is 13.1. The van der Waals surface area contributed by atoms with Gasteiger partial charge >= 0.3 is 0 Å². The molecule has 1 aliphatic heterocycles. The summed E-state index contributed by atoms with van der Waals surface area (Å²) >= 11 is 0. The number of nitrogens with zero attached hydrogens (tertiary/aromatic N) is 1. The van der Waals surface area contributed by atoms with E-state index in [2.05, 4.69) is 45.4 Å². The fraction of sp³-hybridized carbons (Fsp3) is 0.818. The van der Waals surface area contributed by atoms with E-state index >= 15 is 0 Å². The number of rotatable bonds is 0. The Balaban J connectivity index is 0. The number of hydrogen-bond acceptors (Lipinski definition) is 1. The van der Waals surface area contributed by atoms with Gasteiger partial charge in [0.05, 0.1) is 0 Å². The smallest absolute Gasteiger partial charge is 0.000219 e. The normalized spacial score (nSPS) is 27.6. The third-order valence-corrected chi connectivity index (χ3v) is 1.93. The van der Waals surface area contributed by atoms with Crippen molar-refractivity contribution in [2.24, 2.45) is 11.8 Å². The van der Waals surface area contributed by atoms with E-state index in [4.69, 9.17) is 0 Å². The molecule has 83 valence electrons. The van der Waals surface area contributed by atoms with Gasteiger partial charge in [0, 0.05) is 39.3 Å². The van der Waals surface area contributed by atoms with Crippen LogP contribution in [0.3, 0.4) is 0 Å². The minimum Gasteiger partial charge on any atom is -0.339 e. The third kappa shape index (κ3) is 11.4. The molecule has 0 aromatic rings. The fourth-order valence-electron chi connectivity index (χ4n) is 1.77. The number of likely N-dealkylation sites (tertiary alicyclic amines) is 1. The van der Waals surface area contributed by atoms with Gasteiger partial charge in [0.2, 0.25) is 0 Å². The van der Waals surface area contributed by atoms with Gasteiger partial charge in [-0.2, -0.15) is 5.92 Å². The first-order valence-electron chi connectivity index (χ1n) is 5.05. The van der Waals surface area contributed by atoms with Crippen molar-refractivity contribution in [1.82, 2.24) is 4.90 Å². The Kier molecular flexibility index (Phi) is 12.1. The molecule has 1 fully saturated rings. The summed E-state index contributed by atoms with van der Waals surface area (Å²) in [6, 6.07) is 0. The van der Waals surface area contributed by atoms with Crippen LogP contribution >= 0.6 is 7.55 Å². The first kappa shape index (κ1) is 17.7. The second-order valence-corrected chi connectivity index (χ2v) is 7.05. The maximum atomic E-state index is 4.06. The van der Waals surface area contributed by atoms with E-state index in [1.165, 1.54) is 19.5 Å². The van der Waals surface area contributed by atoms with E-state index in [0.29, 0.717) is 5.92 Å². The van der Waals surface area contributed by atoms with Crippen molar-refractivity contribution in [2.75, 3.05) is 33.5 Å². The Hall–Kier alpha value is 1.36. The molecular weight excluding hydrogens is 266 g/mol. The average molecular weight is 291 g/mol. The zero-order valence-corrected chi connectivity index (χ0v) is 14.1. The summed E-state index contributed by atoms with van der Waals surface area (Å²) in [5.74, 6) is 1.52. The van der Waals surface area contributed by atoms with Gasteiger partial charge in [0.25, 0.3) is 0 Å².